The highest BCUT2D eigenvalue weighted by Gasteiger charge is 2.21. The van der Waals surface area contributed by atoms with Crippen LogP contribution in [-0.2, 0) is 20.0 Å². The van der Waals surface area contributed by atoms with Gasteiger partial charge in [-0.25, -0.2) is 8.42 Å². The molecule has 0 saturated carbocycles. The maximum absolute atomic E-state index is 12.6. The molecule has 150 valence electrons. The first-order valence-corrected chi connectivity index (χ1v) is 11.9. The summed E-state index contributed by atoms with van der Waals surface area (Å²) in [7, 11) is -6.16. The van der Waals surface area contributed by atoms with Crippen molar-refractivity contribution in [1.82, 2.24) is 4.90 Å². The zero-order chi connectivity index (χ0) is 20.5. The van der Waals surface area contributed by atoms with E-state index in [1.165, 1.54) is 42.5 Å². The molecule has 28 heavy (non-hydrogen) atoms. The molecule has 0 atom stereocenters. The minimum atomic E-state index is -3.98. The van der Waals surface area contributed by atoms with Gasteiger partial charge in [0.15, 0.2) is 0 Å². The van der Waals surface area contributed by atoms with E-state index >= 15 is 0 Å². The fourth-order valence-corrected chi connectivity index (χ4v) is 5.26. The molecule has 0 bridgehead atoms. The van der Waals surface area contributed by atoms with Gasteiger partial charge in [0.05, 0.1) is 25.5 Å². The molecule has 1 aliphatic rings. The van der Waals surface area contributed by atoms with Gasteiger partial charge in [0.25, 0.3) is 20.0 Å². The van der Waals surface area contributed by atoms with Gasteiger partial charge >= 0.3 is 0 Å². The molecule has 0 radical (unpaired) electrons. The van der Waals surface area contributed by atoms with Crippen molar-refractivity contribution < 1.29 is 16.8 Å². The Kier molecular flexibility index (Phi) is 5.90. The van der Waals surface area contributed by atoms with Crippen LogP contribution < -0.4 is 4.72 Å². The van der Waals surface area contributed by atoms with Crippen molar-refractivity contribution in [2.45, 2.75) is 22.6 Å². The number of likely N-dealkylation sites (tertiary alicyclic amines) is 1. The van der Waals surface area contributed by atoms with Crippen LogP contribution >= 0.6 is 23.2 Å². The lowest BCUT2D eigenvalue weighted by Crippen LogP contribution is -2.20. The molecule has 1 fully saturated rings. The van der Waals surface area contributed by atoms with Gasteiger partial charge in [-0.1, -0.05) is 29.3 Å². The van der Waals surface area contributed by atoms with Gasteiger partial charge in [-0.2, -0.15) is 8.42 Å². The van der Waals surface area contributed by atoms with Crippen LogP contribution in [0.1, 0.15) is 12.8 Å². The van der Waals surface area contributed by atoms with E-state index in [-0.39, 0.29) is 25.5 Å². The highest BCUT2D eigenvalue weighted by Crippen LogP contribution is 2.27. The largest absolute Gasteiger partial charge is 0.362 e. The lowest BCUT2D eigenvalue weighted by atomic mass is 10.3. The number of sulfonamides is 2. The number of rotatable bonds is 5. The monoisotopic (exact) mass is 461 g/mol. The number of hydrogen-bond donors (Lipinski definition) is 1. The first kappa shape index (κ1) is 20.9. The van der Waals surface area contributed by atoms with Crippen molar-refractivity contribution in [2.24, 2.45) is 4.40 Å². The molecule has 1 aliphatic heterocycles. The highest BCUT2D eigenvalue weighted by atomic mass is 35.5. The fourth-order valence-electron chi connectivity index (χ4n) is 2.68. The summed E-state index contributed by atoms with van der Waals surface area (Å²) < 4.78 is 56.5. The van der Waals surface area contributed by atoms with Gasteiger partial charge in [-0.3, -0.25) is 4.72 Å². The average molecular weight is 462 g/mol. The summed E-state index contributed by atoms with van der Waals surface area (Å²) >= 11 is 11.7. The summed E-state index contributed by atoms with van der Waals surface area (Å²) in [6.45, 7) is 0.748. The fraction of sp³-hybridized carbons (Fsp3) is 0.235. The van der Waals surface area contributed by atoms with Crippen LogP contribution in [0, 0.1) is 0 Å². The molecule has 1 heterocycles. The number of amidine groups is 1. The second-order valence-electron chi connectivity index (χ2n) is 6.22. The van der Waals surface area contributed by atoms with Crippen LogP contribution in [0.25, 0.3) is 0 Å². The van der Waals surface area contributed by atoms with Crippen molar-refractivity contribution in [3.05, 3.63) is 52.5 Å². The smallest absolute Gasteiger partial charge is 0.284 e. The summed E-state index contributed by atoms with van der Waals surface area (Å²) in [6.07, 6.45) is 1.42. The minimum absolute atomic E-state index is 0.0899. The number of nitrogens with zero attached hydrogens (tertiary/aromatic N) is 2. The molecule has 0 aromatic heterocycles. The van der Waals surface area contributed by atoms with Gasteiger partial charge < -0.3 is 4.90 Å². The predicted molar refractivity (Wildman–Crippen MR) is 110 cm³/mol. The number of hydrogen-bond acceptors (Lipinski definition) is 4. The van der Waals surface area contributed by atoms with E-state index in [1.54, 1.807) is 11.9 Å². The summed E-state index contributed by atoms with van der Waals surface area (Å²) in [5.41, 5.74) is 0.0899. The standard InChI is InChI=1S/C17H17Cl2N3O4S2/c1-22-9-3-6-17(22)21-28(25,26)13-5-2-4-12(10-13)20-27(23,24)14-7-8-15(18)16(19)11-14/h2,4-5,7-8,10-11,20H,3,6,9H2,1H3. The third-order valence-corrected chi connectivity index (χ3v) is 7.56. The van der Waals surface area contributed by atoms with E-state index < -0.39 is 20.0 Å². The predicted octanol–water partition coefficient (Wildman–Crippen LogP) is 3.61. The van der Waals surface area contributed by atoms with Crippen LogP contribution in [0.4, 0.5) is 5.69 Å². The van der Waals surface area contributed by atoms with Gasteiger partial charge in [-0.05, 0) is 42.8 Å². The molecule has 2 aromatic rings. The summed E-state index contributed by atoms with van der Waals surface area (Å²) in [6, 6.07) is 9.37. The molecule has 0 unspecified atom stereocenters. The Hall–Kier alpha value is -1.81. The third-order valence-electron chi connectivity index (χ3n) is 4.15. The van der Waals surface area contributed by atoms with Crippen LogP contribution in [0.15, 0.2) is 56.7 Å². The van der Waals surface area contributed by atoms with Crippen LogP contribution in [-0.4, -0.2) is 41.2 Å². The van der Waals surface area contributed by atoms with Crippen LogP contribution in [0.5, 0.6) is 0 Å². The second kappa shape index (κ2) is 7.90. The molecule has 3 rings (SSSR count). The first-order valence-electron chi connectivity index (χ1n) is 8.21. The van der Waals surface area contributed by atoms with Crippen molar-refractivity contribution in [3.63, 3.8) is 0 Å². The van der Waals surface area contributed by atoms with Gasteiger partial charge in [0.1, 0.15) is 5.84 Å². The first-order chi connectivity index (χ1) is 13.1. The second-order valence-corrected chi connectivity index (χ2v) is 10.3. The molecule has 11 heteroatoms. The lowest BCUT2D eigenvalue weighted by Gasteiger charge is -2.12. The number of nitrogens with one attached hydrogen (secondary N) is 1. The Balaban J connectivity index is 1.90. The molecular weight excluding hydrogens is 445 g/mol. The number of benzene rings is 2. The van der Waals surface area contributed by atoms with Crippen molar-refractivity contribution in [2.75, 3.05) is 18.3 Å². The van der Waals surface area contributed by atoms with Gasteiger partial charge in [0, 0.05) is 20.0 Å². The van der Waals surface area contributed by atoms with Gasteiger partial charge in [-0.15, -0.1) is 4.40 Å². The Labute approximate surface area is 174 Å². The van der Waals surface area contributed by atoms with Crippen LogP contribution in [0.3, 0.4) is 0 Å². The van der Waals surface area contributed by atoms with Gasteiger partial charge in [0.2, 0.25) is 0 Å². The quantitative estimate of drug-likeness (QED) is 0.733. The molecular formula is C17H17Cl2N3O4S2. The Morgan fingerprint density at radius 1 is 1.00 bits per heavy atom. The molecule has 1 N–H and O–H groups in total. The summed E-state index contributed by atoms with van der Waals surface area (Å²) in [5.74, 6) is 0.488. The van der Waals surface area contributed by atoms with E-state index in [9.17, 15) is 16.8 Å². The Bertz CT molecular complexity index is 1150. The summed E-state index contributed by atoms with van der Waals surface area (Å²) in [4.78, 5) is 1.59. The Morgan fingerprint density at radius 2 is 1.75 bits per heavy atom. The highest BCUT2D eigenvalue weighted by molar-refractivity contribution is 7.92. The van der Waals surface area contributed by atoms with E-state index in [2.05, 4.69) is 9.12 Å². The average Bonchev–Trinajstić information content (AvgIpc) is 3.01. The number of halogens is 2. The number of anilines is 1. The van der Waals surface area contributed by atoms with E-state index in [0.29, 0.717) is 12.3 Å². The molecule has 2 aromatic carbocycles. The van der Waals surface area contributed by atoms with E-state index in [1.807, 2.05) is 0 Å². The molecule has 7 nitrogen and oxygen atoms in total. The zero-order valence-corrected chi connectivity index (χ0v) is 17.9. The maximum atomic E-state index is 12.6. The molecule has 1 saturated heterocycles. The van der Waals surface area contributed by atoms with E-state index in [4.69, 9.17) is 23.2 Å². The molecule has 0 spiro atoms. The van der Waals surface area contributed by atoms with Crippen molar-refractivity contribution in [3.8, 4) is 0 Å². The van der Waals surface area contributed by atoms with E-state index in [0.717, 1.165) is 13.0 Å². The SMILES string of the molecule is CN1CCCC1=NS(=O)(=O)c1cccc(NS(=O)(=O)c2ccc(Cl)c(Cl)c2)c1. The molecule has 0 aliphatic carbocycles. The molecule has 0 amide bonds. The lowest BCUT2D eigenvalue weighted by molar-refractivity contribution is 0.548. The maximum Gasteiger partial charge on any atom is 0.284 e. The topological polar surface area (TPSA) is 95.9 Å². The minimum Gasteiger partial charge on any atom is -0.362 e. The summed E-state index contributed by atoms with van der Waals surface area (Å²) in [5, 5.41) is 0.321. The van der Waals surface area contributed by atoms with Crippen molar-refractivity contribution in [1.29, 1.82) is 0 Å². The normalized spacial score (nSPS) is 16.5. The third kappa shape index (κ3) is 4.60. The van der Waals surface area contributed by atoms with Crippen molar-refractivity contribution >= 4 is 54.8 Å². The van der Waals surface area contributed by atoms with Crippen LogP contribution in [0.2, 0.25) is 10.0 Å². The Morgan fingerprint density at radius 3 is 2.39 bits per heavy atom. The zero-order valence-electron chi connectivity index (χ0n) is 14.8.